The van der Waals surface area contributed by atoms with E-state index in [1.54, 1.807) is 11.8 Å². The molecule has 0 radical (unpaired) electrons. The van der Waals surface area contributed by atoms with Crippen LogP contribution in [0.2, 0.25) is 0 Å². The molecule has 1 atom stereocenters. The SMILES string of the molecule is CCCCSc1nc2c(c(=O)[nH]1)[C@](C)(C1CCCCC1)Cc1ccccc1-2. The molecule has 1 aromatic heterocycles. The first-order valence-electron chi connectivity index (χ1n) is 10.5. The quantitative estimate of drug-likeness (QED) is 0.408. The van der Waals surface area contributed by atoms with Gasteiger partial charge >= 0.3 is 0 Å². The second-order valence-electron chi connectivity index (χ2n) is 8.38. The molecular weight excluding hydrogens is 352 g/mol. The molecule has 0 amide bonds. The molecule has 2 aromatic rings. The summed E-state index contributed by atoms with van der Waals surface area (Å²) in [5.74, 6) is 1.57. The topological polar surface area (TPSA) is 45.8 Å². The van der Waals surface area contributed by atoms with Gasteiger partial charge in [-0.2, -0.15) is 0 Å². The van der Waals surface area contributed by atoms with E-state index in [2.05, 4.69) is 43.1 Å². The standard InChI is InChI=1S/C23H30N2OS/c1-3-4-14-27-22-24-20-18-13-9-8-10-16(18)15-23(2,19(20)21(26)25-22)17-11-6-5-7-12-17/h8-10,13,17H,3-7,11-12,14-15H2,1-2H3,(H,24,25,26)/t23-/m0/s1. The first-order valence-corrected chi connectivity index (χ1v) is 11.5. The Morgan fingerprint density at radius 1 is 1.22 bits per heavy atom. The maximum absolute atomic E-state index is 13.3. The molecule has 0 saturated heterocycles. The molecule has 1 N–H and O–H groups in total. The lowest BCUT2D eigenvalue weighted by Crippen LogP contribution is -2.43. The Labute approximate surface area is 166 Å². The van der Waals surface area contributed by atoms with Gasteiger partial charge < -0.3 is 4.98 Å². The summed E-state index contributed by atoms with van der Waals surface area (Å²) >= 11 is 1.68. The molecule has 1 fully saturated rings. The summed E-state index contributed by atoms with van der Waals surface area (Å²) in [6.07, 6.45) is 9.61. The second-order valence-corrected chi connectivity index (χ2v) is 9.47. The molecule has 27 heavy (non-hydrogen) atoms. The van der Waals surface area contributed by atoms with E-state index >= 15 is 0 Å². The fourth-order valence-electron chi connectivity index (χ4n) is 5.04. The van der Waals surface area contributed by atoms with Gasteiger partial charge in [0, 0.05) is 16.7 Å². The zero-order chi connectivity index (χ0) is 18.9. The number of nitrogens with zero attached hydrogens (tertiary/aromatic N) is 1. The minimum atomic E-state index is -0.114. The number of fused-ring (bicyclic) bond motifs is 3. The maximum Gasteiger partial charge on any atom is 0.255 e. The lowest BCUT2D eigenvalue weighted by atomic mass is 9.60. The second kappa shape index (κ2) is 7.83. The Balaban J connectivity index is 1.83. The van der Waals surface area contributed by atoms with Gasteiger partial charge in [-0.1, -0.05) is 75.6 Å². The number of thioether (sulfide) groups is 1. The van der Waals surface area contributed by atoms with Crippen molar-refractivity contribution in [2.45, 2.75) is 75.8 Å². The van der Waals surface area contributed by atoms with Gasteiger partial charge in [-0.05, 0) is 37.2 Å². The molecule has 144 valence electrons. The van der Waals surface area contributed by atoms with Crippen LogP contribution in [-0.2, 0) is 11.8 Å². The third kappa shape index (κ3) is 3.49. The number of nitrogens with one attached hydrogen (secondary N) is 1. The van der Waals surface area contributed by atoms with E-state index < -0.39 is 0 Å². The van der Waals surface area contributed by atoms with Crippen LogP contribution >= 0.6 is 11.8 Å². The van der Waals surface area contributed by atoms with E-state index in [0.29, 0.717) is 5.92 Å². The van der Waals surface area contributed by atoms with Crippen LogP contribution in [0.15, 0.2) is 34.2 Å². The molecule has 1 saturated carbocycles. The van der Waals surface area contributed by atoms with Crippen molar-refractivity contribution in [1.82, 2.24) is 9.97 Å². The molecule has 1 heterocycles. The number of unbranched alkanes of at least 4 members (excludes halogenated alkanes) is 1. The first kappa shape index (κ1) is 18.8. The average molecular weight is 383 g/mol. The van der Waals surface area contributed by atoms with E-state index in [1.807, 2.05) is 0 Å². The summed E-state index contributed by atoms with van der Waals surface area (Å²) in [6.45, 7) is 4.51. The Bertz CT molecular complexity index is 869. The lowest BCUT2D eigenvalue weighted by Gasteiger charge is -2.43. The van der Waals surface area contributed by atoms with Crippen LogP contribution in [0.3, 0.4) is 0 Å². The van der Waals surface area contributed by atoms with Crippen molar-refractivity contribution in [1.29, 1.82) is 0 Å². The smallest absolute Gasteiger partial charge is 0.255 e. The molecule has 0 bridgehead atoms. The Kier molecular flexibility index (Phi) is 5.45. The summed E-state index contributed by atoms with van der Waals surface area (Å²) in [5, 5.41) is 0.773. The summed E-state index contributed by atoms with van der Waals surface area (Å²) in [5.41, 5.74) is 4.35. The van der Waals surface area contributed by atoms with Gasteiger partial charge in [-0.15, -0.1) is 0 Å². The number of hydrogen-bond acceptors (Lipinski definition) is 3. The van der Waals surface area contributed by atoms with Crippen LogP contribution in [-0.4, -0.2) is 15.7 Å². The van der Waals surface area contributed by atoms with E-state index in [9.17, 15) is 4.79 Å². The van der Waals surface area contributed by atoms with Crippen molar-refractivity contribution in [2.24, 2.45) is 5.92 Å². The van der Waals surface area contributed by atoms with E-state index in [-0.39, 0.29) is 11.0 Å². The minimum absolute atomic E-state index is 0.0848. The molecule has 4 rings (SSSR count). The predicted molar refractivity (Wildman–Crippen MR) is 114 cm³/mol. The third-order valence-electron chi connectivity index (χ3n) is 6.54. The zero-order valence-corrected chi connectivity index (χ0v) is 17.3. The van der Waals surface area contributed by atoms with Crippen LogP contribution in [0.5, 0.6) is 0 Å². The van der Waals surface area contributed by atoms with E-state index in [4.69, 9.17) is 4.98 Å². The van der Waals surface area contributed by atoms with Gasteiger partial charge in [0.25, 0.3) is 5.56 Å². The van der Waals surface area contributed by atoms with Gasteiger partial charge in [0.2, 0.25) is 0 Å². The fraction of sp³-hybridized carbons (Fsp3) is 0.565. The molecule has 3 nitrogen and oxygen atoms in total. The summed E-state index contributed by atoms with van der Waals surface area (Å²) in [7, 11) is 0. The number of H-pyrrole nitrogens is 1. The van der Waals surface area contributed by atoms with Gasteiger partial charge in [-0.25, -0.2) is 4.98 Å². The largest absolute Gasteiger partial charge is 0.301 e. The van der Waals surface area contributed by atoms with Crippen molar-refractivity contribution in [3.63, 3.8) is 0 Å². The lowest BCUT2D eigenvalue weighted by molar-refractivity contribution is 0.213. The molecule has 2 aliphatic carbocycles. The van der Waals surface area contributed by atoms with Crippen LogP contribution in [0.4, 0.5) is 0 Å². The number of hydrogen-bond donors (Lipinski definition) is 1. The number of aromatic nitrogens is 2. The molecule has 1 aromatic carbocycles. The van der Waals surface area contributed by atoms with Gasteiger partial charge in [0.1, 0.15) is 0 Å². The highest BCUT2D eigenvalue weighted by Crippen LogP contribution is 2.48. The van der Waals surface area contributed by atoms with Gasteiger partial charge in [0.15, 0.2) is 5.16 Å². The molecule has 0 spiro atoms. The summed E-state index contributed by atoms with van der Waals surface area (Å²) in [6, 6.07) is 8.56. The molecular formula is C23H30N2OS. The summed E-state index contributed by atoms with van der Waals surface area (Å²) < 4.78 is 0. The van der Waals surface area contributed by atoms with Crippen molar-refractivity contribution in [2.75, 3.05) is 5.75 Å². The highest BCUT2D eigenvalue weighted by molar-refractivity contribution is 7.99. The number of benzene rings is 1. The van der Waals surface area contributed by atoms with Crippen LogP contribution in [0.25, 0.3) is 11.3 Å². The Morgan fingerprint density at radius 2 is 2.00 bits per heavy atom. The van der Waals surface area contributed by atoms with Crippen molar-refractivity contribution in [3.05, 3.63) is 45.7 Å². The molecule has 0 aliphatic heterocycles. The molecule has 4 heteroatoms. The maximum atomic E-state index is 13.3. The van der Waals surface area contributed by atoms with Crippen LogP contribution in [0, 0.1) is 5.92 Å². The Morgan fingerprint density at radius 3 is 2.78 bits per heavy atom. The van der Waals surface area contributed by atoms with Gasteiger partial charge in [0.05, 0.1) is 11.3 Å². The zero-order valence-electron chi connectivity index (χ0n) is 16.5. The molecule has 2 aliphatic rings. The molecule has 0 unspecified atom stereocenters. The third-order valence-corrected chi connectivity index (χ3v) is 7.50. The first-order chi connectivity index (χ1) is 13.1. The predicted octanol–water partition coefficient (Wildman–Crippen LogP) is 5.72. The van der Waals surface area contributed by atoms with Crippen molar-refractivity contribution >= 4 is 11.8 Å². The van der Waals surface area contributed by atoms with E-state index in [0.717, 1.165) is 47.0 Å². The van der Waals surface area contributed by atoms with Crippen LogP contribution in [0.1, 0.15) is 69.9 Å². The van der Waals surface area contributed by atoms with Crippen molar-refractivity contribution < 1.29 is 0 Å². The fourth-order valence-corrected chi connectivity index (χ4v) is 5.98. The highest BCUT2D eigenvalue weighted by Gasteiger charge is 2.44. The minimum Gasteiger partial charge on any atom is -0.301 e. The number of rotatable bonds is 5. The van der Waals surface area contributed by atoms with E-state index in [1.165, 1.54) is 37.7 Å². The van der Waals surface area contributed by atoms with Crippen molar-refractivity contribution in [3.8, 4) is 11.3 Å². The average Bonchev–Trinajstić information content (AvgIpc) is 2.68. The number of aromatic amines is 1. The highest BCUT2D eigenvalue weighted by atomic mass is 32.2. The Hall–Kier alpha value is -1.55. The summed E-state index contributed by atoms with van der Waals surface area (Å²) in [4.78, 5) is 21.4. The van der Waals surface area contributed by atoms with Gasteiger partial charge in [-0.3, -0.25) is 4.79 Å². The van der Waals surface area contributed by atoms with Crippen LogP contribution < -0.4 is 5.56 Å². The monoisotopic (exact) mass is 382 g/mol. The normalized spacial score (nSPS) is 22.3.